The molecule has 0 radical (unpaired) electrons. The van der Waals surface area contributed by atoms with Gasteiger partial charge in [0, 0.05) is 44.2 Å². The highest BCUT2D eigenvalue weighted by molar-refractivity contribution is 5.81. The van der Waals surface area contributed by atoms with E-state index in [-0.39, 0.29) is 0 Å². The van der Waals surface area contributed by atoms with Gasteiger partial charge in [0.2, 0.25) is 0 Å². The Balaban J connectivity index is 1.49. The predicted molar refractivity (Wildman–Crippen MR) is 111 cm³/mol. The van der Waals surface area contributed by atoms with Gasteiger partial charge in [-0.15, -0.1) is 0 Å². The molecule has 0 amide bonds. The molecule has 0 bridgehead atoms. The van der Waals surface area contributed by atoms with Crippen molar-refractivity contribution in [3.05, 3.63) is 35.4 Å². The van der Waals surface area contributed by atoms with Gasteiger partial charge in [0.25, 0.3) is 0 Å². The maximum absolute atomic E-state index is 4.70. The summed E-state index contributed by atoms with van der Waals surface area (Å²) in [5, 5.41) is 7.38. The lowest BCUT2D eigenvalue weighted by Gasteiger charge is -2.34. The second kappa shape index (κ2) is 8.90. The van der Waals surface area contributed by atoms with Gasteiger partial charge in [-0.3, -0.25) is 4.99 Å². The number of aliphatic imine (C=N–C) groups is 1. The van der Waals surface area contributed by atoms with E-state index in [2.05, 4.69) is 67.5 Å². The van der Waals surface area contributed by atoms with Crippen LogP contribution < -0.4 is 10.6 Å². The monoisotopic (exact) mass is 356 g/mol. The Hall–Kier alpha value is -1.55. The minimum absolute atomic E-state index is 0.523. The number of nitrogens with one attached hydrogen (secondary N) is 2. The summed E-state index contributed by atoms with van der Waals surface area (Å²) in [4.78, 5) is 7.30. The van der Waals surface area contributed by atoms with E-state index >= 15 is 0 Å². The van der Waals surface area contributed by atoms with Gasteiger partial charge in [-0.25, -0.2) is 0 Å². The van der Waals surface area contributed by atoms with Crippen LogP contribution in [-0.4, -0.2) is 49.1 Å². The van der Waals surface area contributed by atoms with E-state index in [1.807, 2.05) is 0 Å². The summed E-state index contributed by atoms with van der Waals surface area (Å²) >= 11 is 0. The van der Waals surface area contributed by atoms with Gasteiger partial charge in [0.15, 0.2) is 5.96 Å². The molecule has 2 unspecified atom stereocenters. The van der Waals surface area contributed by atoms with Crippen LogP contribution in [-0.2, 0) is 0 Å². The van der Waals surface area contributed by atoms with E-state index in [1.54, 1.807) is 0 Å². The van der Waals surface area contributed by atoms with Crippen molar-refractivity contribution in [2.45, 2.75) is 65.0 Å². The first-order valence-electron chi connectivity index (χ1n) is 10.4. The van der Waals surface area contributed by atoms with Crippen molar-refractivity contribution >= 4 is 5.96 Å². The molecule has 3 rings (SSSR count). The molecule has 1 saturated heterocycles. The summed E-state index contributed by atoms with van der Waals surface area (Å²) in [6.07, 6.45) is 3.63. The van der Waals surface area contributed by atoms with Crippen molar-refractivity contribution in [3.8, 4) is 0 Å². The SMILES string of the molecule is CCN=C(NC1CCN(CC(C)C)CC1)NC1CC1c1ccccc1C. The smallest absolute Gasteiger partial charge is 0.191 e. The number of guanidine groups is 1. The minimum Gasteiger partial charge on any atom is -0.354 e. The lowest BCUT2D eigenvalue weighted by Crippen LogP contribution is -2.49. The number of likely N-dealkylation sites (tertiary alicyclic amines) is 1. The second-order valence-electron chi connectivity index (χ2n) is 8.39. The Labute approximate surface area is 159 Å². The fourth-order valence-corrected chi connectivity index (χ4v) is 4.14. The first kappa shape index (κ1) is 19.2. The Morgan fingerprint density at radius 3 is 2.58 bits per heavy atom. The minimum atomic E-state index is 0.523. The van der Waals surface area contributed by atoms with Crippen LogP contribution in [0.2, 0.25) is 0 Å². The highest BCUT2D eigenvalue weighted by Crippen LogP contribution is 2.42. The van der Waals surface area contributed by atoms with Gasteiger partial charge in [-0.05, 0) is 50.2 Å². The molecule has 2 N–H and O–H groups in total. The Bertz CT molecular complexity index is 602. The molecule has 4 heteroatoms. The van der Waals surface area contributed by atoms with Crippen molar-refractivity contribution in [2.24, 2.45) is 10.9 Å². The predicted octanol–water partition coefficient (Wildman–Crippen LogP) is 3.53. The first-order chi connectivity index (χ1) is 12.6. The van der Waals surface area contributed by atoms with Crippen molar-refractivity contribution in [1.82, 2.24) is 15.5 Å². The van der Waals surface area contributed by atoms with Crippen molar-refractivity contribution in [3.63, 3.8) is 0 Å². The third-order valence-electron chi connectivity index (χ3n) is 5.57. The third-order valence-corrected chi connectivity index (χ3v) is 5.57. The van der Waals surface area contributed by atoms with Crippen LogP contribution in [0.1, 0.15) is 57.1 Å². The van der Waals surface area contributed by atoms with E-state index in [9.17, 15) is 0 Å². The number of hydrogen-bond donors (Lipinski definition) is 2. The summed E-state index contributed by atoms with van der Waals surface area (Å²) in [6, 6.07) is 9.84. The molecule has 1 saturated carbocycles. The molecule has 0 spiro atoms. The molecule has 26 heavy (non-hydrogen) atoms. The van der Waals surface area contributed by atoms with Crippen LogP contribution in [0.5, 0.6) is 0 Å². The zero-order valence-electron chi connectivity index (χ0n) is 17.0. The average molecular weight is 357 g/mol. The quantitative estimate of drug-likeness (QED) is 0.605. The van der Waals surface area contributed by atoms with Gasteiger partial charge in [0.1, 0.15) is 0 Å². The number of hydrogen-bond acceptors (Lipinski definition) is 2. The molecule has 144 valence electrons. The van der Waals surface area contributed by atoms with Crippen LogP contribution >= 0.6 is 0 Å². The van der Waals surface area contributed by atoms with E-state index < -0.39 is 0 Å². The summed E-state index contributed by atoms with van der Waals surface area (Å²) in [6.45, 7) is 13.4. The fourth-order valence-electron chi connectivity index (χ4n) is 4.14. The molecule has 2 fully saturated rings. The summed E-state index contributed by atoms with van der Waals surface area (Å²) in [5.41, 5.74) is 2.89. The van der Waals surface area contributed by atoms with Crippen LogP contribution in [0.4, 0.5) is 0 Å². The molecule has 1 heterocycles. The highest BCUT2D eigenvalue weighted by atomic mass is 15.2. The third kappa shape index (κ3) is 5.23. The second-order valence-corrected chi connectivity index (χ2v) is 8.39. The molecule has 1 aliphatic heterocycles. The molecular weight excluding hydrogens is 320 g/mol. The summed E-state index contributed by atoms with van der Waals surface area (Å²) in [7, 11) is 0. The molecule has 2 aliphatic rings. The lowest BCUT2D eigenvalue weighted by atomic mass is 10.0. The van der Waals surface area contributed by atoms with E-state index in [4.69, 9.17) is 4.99 Å². The zero-order valence-corrected chi connectivity index (χ0v) is 17.0. The van der Waals surface area contributed by atoms with Gasteiger partial charge in [-0.1, -0.05) is 38.1 Å². The Morgan fingerprint density at radius 1 is 1.19 bits per heavy atom. The molecule has 4 nitrogen and oxygen atoms in total. The molecule has 1 aromatic rings. The van der Waals surface area contributed by atoms with Crippen molar-refractivity contribution in [2.75, 3.05) is 26.2 Å². The number of rotatable bonds is 6. The average Bonchev–Trinajstić information content (AvgIpc) is 3.35. The van der Waals surface area contributed by atoms with Gasteiger partial charge < -0.3 is 15.5 Å². The molecule has 2 atom stereocenters. The molecule has 1 aliphatic carbocycles. The largest absolute Gasteiger partial charge is 0.354 e. The number of aryl methyl sites for hydroxylation is 1. The fraction of sp³-hybridized carbons (Fsp3) is 0.682. The van der Waals surface area contributed by atoms with Crippen LogP contribution in [0.25, 0.3) is 0 Å². The molecular formula is C22H36N4. The first-order valence-corrected chi connectivity index (χ1v) is 10.4. The van der Waals surface area contributed by atoms with Crippen molar-refractivity contribution < 1.29 is 0 Å². The maximum Gasteiger partial charge on any atom is 0.191 e. The lowest BCUT2D eigenvalue weighted by molar-refractivity contribution is 0.187. The Kier molecular flexibility index (Phi) is 6.58. The summed E-state index contributed by atoms with van der Waals surface area (Å²) < 4.78 is 0. The number of nitrogens with zero attached hydrogens (tertiary/aromatic N) is 2. The van der Waals surface area contributed by atoms with Crippen LogP contribution in [0.15, 0.2) is 29.3 Å². The van der Waals surface area contributed by atoms with E-state index in [0.29, 0.717) is 18.0 Å². The van der Waals surface area contributed by atoms with Crippen LogP contribution in [0, 0.1) is 12.8 Å². The molecule has 0 aromatic heterocycles. The molecule has 1 aromatic carbocycles. The maximum atomic E-state index is 4.70. The number of piperidine rings is 1. The Morgan fingerprint density at radius 2 is 1.92 bits per heavy atom. The van der Waals surface area contributed by atoms with E-state index in [0.717, 1.165) is 18.4 Å². The zero-order chi connectivity index (χ0) is 18.5. The highest BCUT2D eigenvalue weighted by Gasteiger charge is 2.40. The standard InChI is InChI=1S/C22H36N4/c1-5-23-22(24-18-10-12-26(13-11-18)15-16(2)3)25-21-14-20(21)19-9-7-6-8-17(19)4/h6-9,16,18,20-21H,5,10-15H2,1-4H3,(H2,23,24,25). The van der Waals surface area contributed by atoms with Gasteiger partial charge in [0.05, 0.1) is 0 Å². The summed E-state index contributed by atoms with van der Waals surface area (Å²) in [5.74, 6) is 2.40. The van der Waals surface area contributed by atoms with Crippen LogP contribution in [0.3, 0.4) is 0 Å². The number of benzene rings is 1. The van der Waals surface area contributed by atoms with Crippen molar-refractivity contribution in [1.29, 1.82) is 0 Å². The van der Waals surface area contributed by atoms with E-state index in [1.165, 1.54) is 50.0 Å². The topological polar surface area (TPSA) is 39.7 Å². The van der Waals surface area contributed by atoms with Gasteiger partial charge >= 0.3 is 0 Å². The normalized spacial score (nSPS) is 24.7. The van der Waals surface area contributed by atoms with Gasteiger partial charge in [-0.2, -0.15) is 0 Å².